The summed E-state index contributed by atoms with van der Waals surface area (Å²) in [4.78, 5) is -0.823. The summed E-state index contributed by atoms with van der Waals surface area (Å²) in [5, 5.41) is 9.08. The number of aliphatic hydroxyl groups is 1. The van der Waals surface area contributed by atoms with Crippen LogP contribution in [-0.4, -0.2) is 13.5 Å². The normalized spacial score (nSPS) is 11.4. The summed E-state index contributed by atoms with van der Waals surface area (Å²) in [5.74, 6) is -3.16. The third-order valence-corrected chi connectivity index (χ3v) is 4.07. The van der Waals surface area contributed by atoms with Crippen LogP contribution in [0.2, 0.25) is 0 Å². The smallest absolute Gasteiger partial charge is 0.264 e. The molecule has 4 nitrogen and oxygen atoms in total. The lowest BCUT2D eigenvalue weighted by Gasteiger charge is -2.12. The first-order valence-electron chi connectivity index (χ1n) is 5.71. The molecule has 112 valence electrons. The molecule has 0 fully saturated rings. The van der Waals surface area contributed by atoms with Crippen molar-refractivity contribution in [2.75, 3.05) is 4.72 Å². The Morgan fingerprint density at radius 1 is 1.05 bits per heavy atom. The molecule has 2 rings (SSSR count). The van der Waals surface area contributed by atoms with Gasteiger partial charge in [-0.25, -0.2) is 21.6 Å². The van der Waals surface area contributed by atoms with Crippen LogP contribution in [0.5, 0.6) is 0 Å². The summed E-state index contributed by atoms with van der Waals surface area (Å²) >= 11 is 0. The van der Waals surface area contributed by atoms with Gasteiger partial charge >= 0.3 is 0 Å². The van der Waals surface area contributed by atoms with Crippen LogP contribution < -0.4 is 4.72 Å². The fourth-order valence-corrected chi connectivity index (χ4v) is 2.87. The number of hydrogen-bond acceptors (Lipinski definition) is 3. The third kappa shape index (κ3) is 3.17. The van der Waals surface area contributed by atoms with Crippen molar-refractivity contribution in [1.82, 2.24) is 0 Å². The maximum Gasteiger partial charge on any atom is 0.264 e. The predicted octanol–water partition coefficient (Wildman–Crippen LogP) is 2.40. The molecule has 0 atom stereocenters. The van der Waals surface area contributed by atoms with Crippen LogP contribution in [0.25, 0.3) is 0 Å². The summed E-state index contributed by atoms with van der Waals surface area (Å²) < 4.78 is 65.9. The second-order valence-corrected chi connectivity index (χ2v) is 5.76. The molecule has 0 aliphatic heterocycles. The highest BCUT2D eigenvalue weighted by molar-refractivity contribution is 7.92. The van der Waals surface area contributed by atoms with Crippen molar-refractivity contribution in [3.05, 3.63) is 59.4 Å². The van der Waals surface area contributed by atoms with Gasteiger partial charge in [0.1, 0.15) is 22.3 Å². The minimum absolute atomic E-state index is 0.0129. The van der Waals surface area contributed by atoms with E-state index in [1.165, 1.54) is 12.1 Å². The van der Waals surface area contributed by atoms with Gasteiger partial charge < -0.3 is 5.11 Å². The first kappa shape index (κ1) is 15.3. The van der Waals surface area contributed by atoms with E-state index in [-0.39, 0.29) is 5.56 Å². The Bertz CT molecular complexity index is 778. The Hall–Kier alpha value is -2.06. The van der Waals surface area contributed by atoms with Crippen LogP contribution in [-0.2, 0) is 16.6 Å². The molecular weight excluding hydrogens is 307 g/mol. The van der Waals surface area contributed by atoms with Crippen molar-refractivity contribution in [1.29, 1.82) is 0 Å². The van der Waals surface area contributed by atoms with Crippen LogP contribution in [0.1, 0.15) is 5.56 Å². The van der Waals surface area contributed by atoms with Crippen LogP contribution in [0.4, 0.5) is 18.9 Å². The number of hydrogen-bond donors (Lipinski definition) is 2. The summed E-state index contributed by atoms with van der Waals surface area (Å²) in [6, 6.07) is 5.48. The quantitative estimate of drug-likeness (QED) is 0.910. The largest absolute Gasteiger partial charge is 0.392 e. The number of rotatable bonds is 4. The first-order valence-corrected chi connectivity index (χ1v) is 7.19. The van der Waals surface area contributed by atoms with Crippen molar-refractivity contribution in [3.8, 4) is 0 Å². The minimum Gasteiger partial charge on any atom is -0.392 e. The maximum atomic E-state index is 13.7. The highest BCUT2D eigenvalue weighted by Crippen LogP contribution is 2.25. The van der Waals surface area contributed by atoms with E-state index in [4.69, 9.17) is 5.11 Å². The molecule has 0 amide bonds. The topological polar surface area (TPSA) is 66.4 Å². The Morgan fingerprint density at radius 3 is 2.38 bits per heavy atom. The number of aliphatic hydroxyl groups excluding tert-OH is 1. The summed E-state index contributed by atoms with van der Waals surface area (Å²) in [7, 11) is -4.46. The number of para-hydroxylation sites is 1. The molecule has 0 saturated heterocycles. The van der Waals surface area contributed by atoms with Crippen LogP contribution >= 0.6 is 0 Å². The SMILES string of the molecule is O=S(=O)(Nc1c(F)cccc1CO)c1ccc(F)cc1F. The fraction of sp³-hybridized carbons (Fsp3) is 0.0769. The van der Waals surface area contributed by atoms with E-state index in [0.717, 1.165) is 18.2 Å². The summed E-state index contributed by atoms with van der Waals surface area (Å²) in [5.41, 5.74) is -0.496. The Balaban J connectivity index is 2.47. The number of sulfonamides is 1. The van der Waals surface area contributed by atoms with Crippen LogP contribution in [0, 0.1) is 17.5 Å². The van der Waals surface area contributed by atoms with E-state index in [2.05, 4.69) is 0 Å². The standard InChI is InChI=1S/C13H10F3NO3S/c14-9-4-5-12(11(16)6-9)21(19,20)17-13-8(7-18)2-1-3-10(13)15/h1-6,17-18H,7H2. The second kappa shape index (κ2) is 5.74. The number of halogens is 3. The van der Waals surface area contributed by atoms with Gasteiger partial charge in [0.05, 0.1) is 12.3 Å². The van der Waals surface area contributed by atoms with Crippen molar-refractivity contribution in [3.63, 3.8) is 0 Å². The molecule has 8 heteroatoms. The predicted molar refractivity (Wildman–Crippen MR) is 69.5 cm³/mol. The second-order valence-electron chi connectivity index (χ2n) is 4.11. The number of benzene rings is 2. The van der Waals surface area contributed by atoms with E-state index in [1.807, 2.05) is 4.72 Å². The molecule has 21 heavy (non-hydrogen) atoms. The zero-order valence-corrected chi connectivity index (χ0v) is 11.3. The van der Waals surface area contributed by atoms with Gasteiger partial charge in [0.15, 0.2) is 0 Å². The molecule has 0 aromatic heterocycles. The van der Waals surface area contributed by atoms with Gasteiger partial charge in [-0.2, -0.15) is 0 Å². The van der Waals surface area contributed by atoms with Crippen molar-refractivity contribution < 1.29 is 26.7 Å². The van der Waals surface area contributed by atoms with Gasteiger partial charge in [-0.1, -0.05) is 12.1 Å². The lowest BCUT2D eigenvalue weighted by atomic mass is 10.2. The fourth-order valence-electron chi connectivity index (χ4n) is 1.70. The molecule has 0 aliphatic carbocycles. The highest BCUT2D eigenvalue weighted by Gasteiger charge is 2.22. The minimum atomic E-state index is -4.46. The molecule has 2 N–H and O–H groups in total. The van der Waals surface area contributed by atoms with Gasteiger partial charge in [0.25, 0.3) is 10.0 Å². The summed E-state index contributed by atoms with van der Waals surface area (Å²) in [6.07, 6.45) is 0. The molecule has 2 aromatic carbocycles. The van der Waals surface area contributed by atoms with Crippen molar-refractivity contribution in [2.24, 2.45) is 0 Å². The zero-order chi connectivity index (χ0) is 15.6. The molecule has 0 radical (unpaired) electrons. The maximum absolute atomic E-state index is 13.7. The lowest BCUT2D eigenvalue weighted by molar-refractivity contribution is 0.282. The lowest BCUT2D eigenvalue weighted by Crippen LogP contribution is -2.17. The highest BCUT2D eigenvalue weighted by atomic mass is 32.2. The van der Waals surface area contributed by atoms with Gasteiger partial charge in [-0.15, -0.1) is 0 Å². The molecule has 0 spiro atoms. The van der Waals surface area contributed by atoms with Gasteiger partial charge in [-0.05, 0) is 18.2 Å². The summed E-state index contributed by atoms with van der Waals surface area (Å²) in [6.45, 7) is -0.610. The van der Waals surface area contributed by atoms with Gasteiger partial charge in [0, 0.05) is 11.6 Å². The average molecular weight is 317 g/mol. The first-order chi connectivity index (χ1) is 9.85. The average Bonchev–Trinajstić information content (AvgIpc) is 2.40. The van der Waals surface area contributed by atoms with E-state index < -0.39 is 44.7 Å². The van der Waals surface area contributed by atoms with E-state index >= 15 is 0 Å². The van der Waals surface area contributed by atoms with Crippen LogP contribution in [0.3, 0.4) is 0 Å². The molecule has 0 aliphatic rings. The van der Waals surface area contributed by atoms with Gasteiger partial charge in [0.2, 0.25) is 0 Å². The molecular formula is C13H10F3NO3S. The number of nitrogens with one attached hydrogen (secondary N) is 1. The zero-order valence-electron chi connectivity index (χ0n) is 10.5. The molecule has 0 unspecified atom stereocenters. The molecule has 0 saturated carbocycles. The van der Waals surface area contributed by atoms with E-state index in [9.17, 15) is 21.6 Å². The number of anilines is 1. The van der Waals surface area contributed by atoms with E-state index in [1.54, 1.807) is 0 Å². The molecule has 2 aromatic rings. The third-order valence-electron chi connectivity index (χ3n) is 2.69. The molecule has 0 bridgehead atoms. The van der Waals surface area contributed by atoms with Crippen LogP contribution in [0.15, 0.2) is 41.3 Å². The molecule has 0 heterocycles. The Morgan fingerprint density at radius 2 is 1.76 bits per heavy atom. The monoisotopic (exact) mass is 317 g/mol. The van der Waals surface area contributed by atoms with Crippen molar-refractivity contribution >= 4 is 15.7 Å². The van der Waals surface area contributed by atoms with Crippen molar-refractivity contribution in [2.45, 2.75) is 11.5 Å². The Kier molecular flexibility index (Phi) is 4.19. The van der Waals surface area contributed by atoms with E-state index in [0.29, 0.717) is 6.07 Å². The van der Waals surface area contributed by atoms with Gasteiger partial charge in [-0.3, -0.25) is 4.72 Å². The Labute approximate surface area is 118 Å².